The van der Waals surface area contributed by atoms with Gasteiger partial charge in [-0.3, -0.25) is 4.79 Å². The minimum absolute atomic E-state index is 0. The average molecular weight is 318 g/mol. The van der Waals surface area contributed by atoms with Crippen molar-refractivity contribution in [3.05, 3.63) is 34.5 Å². The quantitative estimate of drug-likeness (QED) is 0.682. The lowest BCUT2D eigenvalue weighted by molar-refractivity contribution is -0.991. The van der Waals surface area contributed by atoms with E-state index < -0.39 is 5.23 Å². The van der Waals surface area contributed by atoms with E-state index in [4.69, 9.17) is 0 Å². The van der Waals surface area contributed by atoms with E-state index in [1.807, 2.05) is 32.8 Å². The second-order valence-electron chi connectivity index (χ2n) is 5.29. The maximum Gasteiger partial charge on any atom is 0.257 e. The number of hydrogen-bond donors (Lipinski definition) is 3. The molecule has 7 heteroatoms. The van der Waals surface area contributed by atoms with Gasteiger partial charge in [-0.1, -0.05) is 26.0 Å². The van der Waals surface area contributed by atoms with E-state index in [9.17, 15) is 15.2 Å². The fourth-order valence-corrected chi connectivity index (χ4v) is 1.97. The second-order valence-corrected chi connectivity index (χ2v) is 5.29. The summed E-state index contributed by atoms with van der Waals surface area (Å²) in [6.07, 6.45) is 0. The molecule has 1 unspecified atom stereocenters. The molecule has 1 amide bonds. The predicted molar refractivity (Wildman–Crippen MR) is 84.4 cm³/mol. The van der Waals surface area contributed by atoms with E-state index in [1.165, 1.54) is 0 Å². The maximum absolute atomic E-state index is 12.1. The predicted octanol–water partition coefficient (Wildman–Crippen LogP) is 0.927. The summed E-state index contributed by atoms with van der Waals surface area (Å²) in [5, 5.41) is 22.5. The average Bonchev–Trinajstić information content (AvgIpc) is 2.36. The Morgan fingerprint density at radius 3 is 2.52 bits per heavy atom. The third kappa shape index (κ3) is 5.61. The summed E-state index contributed by atoms with van der Waals surface area (Å²) in [4.78, 5) is 14.1. The molecule has 0 aliphatic heterocycles. The molecule has 0 aliphatic rings. The number of para-hydroxylation sites is 1. The number of likely N-dealkylation sites (N-methyl/N-ethyl adjacent to an activating group) is 1. The Bertz CT molecular complexity index is 465. The highest BCUT2D eigenvalue weighted by Crippen LogP contribution is 2.24. The van der Waals surface area contributed by atoms with Gasteiger partial charge < -0.3 is 15.4 Å². The third-order valence-corrected chi connectivity index (χ3v) is 3.02. The molecule has 3 N–H and O–H groups in total. The van der Waals surface area contributed by atoms with Crippen molar-refractivity contribution in [1.82, 2.24) is 10.2 Å². The van der Waals surface area contributed by atoms with Crippen molar-refractivity contribution in [1.29, 1.82) is 0 Å². The zero-order valence-corrected chi connectivity index (χ0v) is 13.7. The molecular weight excluding hydrogens is 294 g/mol. The monoisotopic (exact) mass is 317 g/mol. The molecule has 21 heavy (non-hydrogen) atoms. The second kappa shape index (κ2) is 8.96. The Morgan fingerprint density at radius 1 is 1.43 bits per heavy atom. The molecule has 0 saturated heterocycles. The standard InChI is InChI=1S/C14H23N3O3.ClH/c1-10(2)11-6-5-7-12(13(11)17(19)20)14(18)15-8-9-16(3)4;/h5-7,10,17,19H,8-9H2,1-4H3,(H,15,18);1H. The molecule has 0 heterocycles. The Balaban J connectivity index is 0.00000400. The number of amides is 1. The highest BCUT2D eigenvalue weighted by Gasteiger charge is 2.21. The van der Waals surface area contributed by atoms with Gasteiger partial charge in [0, 0.05) is 18.7 Å². The smallest absolute Gasteiger partial charge is 0.257 e. The number of rotatable bonds is 6. The van der Waals surface area contributed by atoms with Gasteiger partial charge in [-0.15, -0.1) is 12.4 Å². The Morgan fingerprint density at radius 2 is 2.05 bits per heavy atom. The van der Waals surface area contributed by atoms with Crippen molar-refractivity contribution < 1.29 is 15.2 Å². The number of quaternary nitrogens is 1. The first-order valence-electron chi connectivity index (χ1n) is 6.63. The topological polar surface area (TPSA) is 80.1 Å². The summed E-state index contributed by atoms with van der Waals surface area (Å²) >= 11 is 0. The zero-order chi connectivity index (χ0) is 15.3. The summed E-state index contributed by atoms with van der Waals surface area (Å²) in [6.45, 7) is 5.01. The van der Waals surface area contributed by atoms with Crippen LogP contribution in [-0.2, 0) is 0 Å². The molecule has 0 radical (unpaired) electrons. The molecule has 6 nitrogen and oxygen atoms in total. The molecule has 0 spiro atoms. The lowest BCUT2D eigenvalue weighted by Gasteiger charge is -2.20. The van der Waals surface area contributed by atoms with Crippen LogP contribution in [-0.4, -0.2) is 43.2 Å². The van der Waals surface area contributed by atoms with Gasteiger partial charge in [0.15, 0.2) is 5.69 Å². The first-order valence-corrected chi connectivity index (χ1v) is 6.63. The van der Waals surface area contributed by atoms with E-state index in [0.717, 1.165) is 0 Å². The molecule has 0 aliphatic carbocycles. The summed E-state index contributed by atoms with van der Waals surface area (Å²) in [7, 11) is 3.82. The molecule has 0 bridgehead atoms. The summed E-state index contributed by atoms with van der Waals surface area (Å²) < 4.78 is 0. The summed E-state index contributed by atoms with van der Waals surface area (Å²) in [5.74, 6) is -0.289. The molecular formula is C14H24ClN3O3. The van der Waals surface area contributed by atoms with E-state index in [1.54, 1.807) is 18.2 Å². The van der Waals surface area contributed by atoms with E-state index in [0.29, 0.717) is 18.7 Å². The van der Waals surface area contributed by atoms with Gasteiger partial charge in [0.25, 0.3) is 5.91 Å². The zero-order valence-electron chi connectivity index (χ0n) is 12.8. The Labute approximate surface area is 131 Å². The highest BCUT2D eigenvalue weighted by molar-refractivity contribution is 5.98. The van der Waals surface area contributed by atoms with Crippen LogP contribution < -0.4 is 10.5 Å². The number of hydrogen-bond acceptors (Lipinski definition) is 4. The molecule has 120 valence electrons. The van der Waals surface area contributed by atoms with Crippen LogP contribution in [0.3, 0.4) is 0 Å². The molecule has 0 saturated carbocycles. The number of halogens is 1. The largest absolute Gasteiger partial charge is 0.595 e. The van der Waals surface area contributed by atoms with Gasteiger partial charge in [-0.2, -0.15) is 5.23 Å². The summed E-state index contributed by atoms with van der Waals surface area (Å²) in [5.41, 5.74) is 1.00. The van der Waals surface area contributed by atoms with Crippen molar-refractivity contribution >= 4 is 24.0 Å². The van der Waals surface area contributed by atoms with Crippen molar-refractivity contribution in [3.8, 4) is 0 Å². The normalized spacial score (nSPS) is 12.2. The number of nitrogens with zero attached hydrogens (tertiary/aromatic N) is 1. The molecule has 0 fully saturated rings. The number of carbonyl (C=O) groups is 1. The number of benzene rings is 1. The van der Waals surface area contributed by atoms with Crippen LogP contribution in [0.15, 0.2) is 18.2 Å². The van der Waals surface area contributed by atoms with Gasteiger partial charge in [0.1, 0.15) is 5.56 Å². The van der Waals surface area contributed by atoms with Gasteiger partial charge in [0.2, 0.25) is 0 Å². The van der Waals surface area contributed by atoms with Crippen LogP contribution in [0.5, 0.6) is 0 Å². The van der Waals surface area contributed by atoms with Crippen molar-refractivity contribution in [3.63, 3.8) is 0 Å². The van der Waals surface area contributed by atoms with Crippen LogP contribution in [0, 0.1) is 5.21 Å². The first-order chi connectivity index (χ1) is 9.34. The van der Waals surface area contributed by atoms with Crippen LogP contribution in [0.4, 0.5) is 5.69 Å². The van der Waals surface area contributed by atoms with Crippen LogP contribution >= 0.6 is 12.4 Å². The minimum atomic E-state index is -1.06. The SMILES string of the molecule is CC(C)c1cccc(C(=O)NCCN(C)C)c1[NH+]([O-])O.Cl. The van der Waals surface area contributed by atoms with Crippen molar-refractivity contribution in [2.24, 2.45) is 0 Å². The summed E-state index contributed by atoms with van der Waals surface area (Å²) in [6, 6.07) is 5.04. The number of carbonyl (C=O) groups excluding carboxylic acids is 1. The lowest BCUT2D eigenvalue weighted by atomic mass is 9.97. The molecule has 1 rings (SSSR count). The molecule has 0 aromatic heterocycles. The molecule has 1 aromatic rings. The van der Waals surface area contributed by atoms with Gasteiger partial charge in [0.05, 0.1) is 0 Å². The highest BCUT2D eigenvalue weighted by atomic mass is 35.5. The third-order valence-electron chi connectivity index (χ3n) is 3.02. The number of nitrogens with one attached hydrogen (secondary N) is 2. The van der Waals surface area contributed by atoms with Crippen molar-refractivity contribution in [2.45, 2.75) is 19.8 Å². The van der Waals surface area contributed by atoms with Crippen LogP contribution in [0.2, 0.25) is 0 Å². The van der Waals surface area contributed by atoms with Gasteiger partial charge >= 0.3 is 0 Å². The molecule has 1 aromatic carbocycles. The Kier molecular flexibility index (Phi) is 8.46. The van der Waals surface area contributed by atoms with Crippen LogP contribution in [0.25, 0.3) is 0 Å². The fourth-order valence-electron chi connectivity index (χ4n) is 1.97. The maximum atomic E-state index is 12.1. The minimum Gasteiger partial charge on any atom is -0.595 e. The van der Waals surface area contributed by atoms with E-state index in [2.05, 4.69) is 5.32 Å². The van der Waals surface area contributed by atoms with E-state index in [-0.39, 0.29) is 35.5 Å². The van der Waals surface area contributed by atoms with Gasteiger partial charge in [-0.05, 0) is 26.1 Å². The molecule has 1 atom stereocenters. The Hall–Kier alpha value is -1.18. The van der Waals surface area contributed by atoms with Crippen molar-refractivity contribution in [2.75, 3.05) is 27.2 Å². The fraction of sp³-hybridized carbons (Fsp3) is 0.500. The van der Waals surface area contributed by atoms with E-state index >= 15 is 0 Å². The van der Waals surface area contributed by atoms with Crippen LogP contribution in [0.1, 0.15) is 35.7 Å². The first kappa shape index (κ1) is 19.8. The lowest BCUT2D eigenvalue weighted by Crippen LogP contribution is -2.99. The van der Waals surface area contributed by atoms with Gasteiger partial charge in [-0.25, -0.2) is 5.21 Å².